The van der Waals surface area contributed by atoms with Crippen molar-refractivity contribution in [3.63, 3.8) is 0 Å². The lowest BCUT2D eigenvalue weighted by atomic mass is 9.93. The number of ketones is 1. The predicted octanol–water partition coefficient (Wildman–Crippen LogP) is 5.77. The number of Topliss-reactive ketones (excluding diaryl/α,β-unsaturated/α-hetero) is 1. The number of carbonyl (C=O) groups excluding carboxylic acids is 1. The van der Waals surface area contributed by atoms with Gasteiger partial charge < -0.3 is 0 Å². The van der Waals surface area contributed by atoms with Gasteiger partial charge >= 0.3 is 0 Å². The Hall–Kier alpha value is -1.67. The van der Waals surface area contributed by atoms with Gasteiger partial charge in [0, 0.05) is 20.1 Å². The van der Waals surface area contributed by atoms with E-state index in [9.17, 15) is 4.79 Å². The molecule has 0 amide bonds. The first-order valence-electron chi connectivity index (χ1n) is 8.09. The van der Waals surface area contributed by atoms with Gasteiger partial charge in [0.1, 0.15) is 0 Å². The largest absolute Gasteiger partial charge is 0.294 e. The number of hydrogen-bond acceptors (Lipinski definition) is 1. The van der Waals surface area contributed by atoms with Gasteiger partial charge in [-0.15, -0.1) is 0 Å². The van der Waals surface area contributed by atoms with Gasteiger partial charge in [-0.2, -0.15) is 0 Å². The van der Waals surface area contributed by atoms with Crippen molar-refractivity contribution < 1.29 is 4.79 Å². The van der Waals surface area contributed by atoms with E-state index in [2.05, 4.69) is 50.0 Å². The molecule has 0 aliphatic heterocycles. The second-order valence-corrected chi connectivity index (χ2v) is 12.7. The van der Waals surface area contributed by atoms with E-state index in [4.69, 9.17) is 0 Å². The Morgan fingerprint density at radius 2 is 1.45 bits per heavy atom. The third-order valence-electron chi connectivity index (χ3n) is 3.95. The molecular weight excluding hydrogens is 284 g/mol. The van der Waals surface area contributed by atoms with Gasteiger partial charge in [0.2, 0.25) is 0 Å². The van der Waals surface area contributed by atoms with Crippen molar-refractivity contribution in [2.45, 2.75) is 44.4 Å². The Morgan fingerprint density at radius 1 is 0.909 bits per heavy atom. The molecule has 2 aromatic rings. The zero-order valence-electron chi connectivity index (χ0n) is 13.9. The van der Waals surface area contributed by atoms with Gasteiger partial charge in [-0.3, -0.25) is 4.79 Å². The summed E-state index contributed by atoms with van der Waals surface area (Å²) in [5.41, 5.74) is 2.22. The molecule has 0 saturated carbocycles. The van der Waals surface area contributed by atoms with Gasteiger partial charge in [0.15, 0.2) is 5.78 Å². The molecule has 0 fully saturated rings. The lowest BCUT2D eigenvalue weighted by Gasteiger charge is -2.25. The second-order valence-electron chi connectivity index (χ2n) is 7.20. The molecule has 0 N–H and O–H groups in total. The highest BCUT2D eigenvalue weighted by molar-refractivity contribution is 6.76. The highest BCUT2D eigenvalue weighted by Crippen LogP contribution is 2.31. The normalized spacial score (nSPS) is 12.9. The summed E-state index contributed by atoms with van der Waals surface area (Å²) in [7, 11) is -1.17. The molecule has 2 heteroatoms. The van der Waals surface area contributed by atoms with Crippen molar-refractivity contribution in [1.82, 2.24) is 0 Å². The fourth-order valence-corrected chi connectivity index (χ4v) is 4.84. The summed E-state index contributed by atoms with van der Waals surface area (Å²) in [6.45, 7) is 7.21. The Morgan fingerprint density at radius 3 is 2.00 bits per heavy atom. The van der Waals surface area contributed by atoms with Crippen molar-refractivity contribution in [3.05, 3.63) is 71.8 Å². The molecule has 2 rings (SSSR count). The standard InChI is InChI=1S/C20H26OSi/c1-22(2,3)16-19(17-10-6-4-7-11-17)14-15-20(21)18-12-8-5-9-13-18/h4-13,19H,14-16H2,1-3H3. The van der Waals surface area contributed by atoms with Gasteiger partial charge in [-0.05, 0) is 17.9 Å². The summed E-state index contributed by atoms with van der Waals surface area (Å²) >= 11 is 0. The molecule has 0 aliphatic rings. The minimum Gasteiger partial charge on any atom is -0.294 e. The molecule has 116 valence electrons. The summed E-state index contributed by atoms with van der Waals surface area (Å²) in [5.74, 6) is 0.762. The molecule has 1 unspecified atom stereocenters. The van der Waals surface area contributed by atoms with Crippen LogP contribution in [0, 0.1) is 0 Å². The maximum Gasteiger partial charge on any atom is 0.162 e. The first-order valence-corrected chi connectivity index (χ1v) is 11.8. The van der Waals surface area contributed by atoms with Gasteiger partial charge in [0.25, 0.3) is 0 Å². The highest BCUT2D eigenvalue weighted by atomic mass is 28.3. The minimum absolute atomic E-state index is 0.261. The fraction of sp³-hybridized carbons (Fsp3) is 0.350. The van der Waals surface area contributed by atoms with Crippen LogP contribution in [0.1, 0.15) is 34.7 Å². The Kier molecular flexibility index (Phi) is 5.73. The van der Waals surface area contributed by atoms with Gasteiger partial charge in [0.05, 0.1) is 0 Å². The summed E-state index contributed by atoms with van der Waals surface area (Å²) in [6.07, 6.45) is 1.58. The molecule has 22 heavy (non-hydrogen) atoms. The van der Waals surface area contributed by atoms with Crippen molar-refractivity contribution in [2.75, 3.05) is 0 Å². The zero-order valence-corrected chi connectivity index (χ0v) is 14.9. The molecule has 1 atom stereocenters. The topological polar surface area (TPSA) is 17.1 Å². The molecule has 0 radical (unpaired) electrons. The lowest BCUT2D eigenvalue weighted by Crippen LogP contribution is -2.23. The Bertz CT molecular complexity index is 584. The van der Waals surface area contributed by atoms with Crippen molar-refractivity contribution in [1.29, 1.82) is 0 Å². The monoisotopic (exact) mass is 310 g/mol. The van der Waals surface area contributed by atoms with Crippen molar-refractivity contribution in [2.24, 2.45) is 0 Å². The van der Waals surface area contributed by atoms with E-state index < -0.39 is 8.07 Å². The van der Waals surface area contributed by atoms with Gasteiger partial charge in [-0.1, -0.05) is 86.3 Å². The van der Waals surface area contributed by atoms with E-state index in [0.717, 1.165) is 12.0 Å². The van der Waals surface area contributed by atoms with Crippen LogP contribution in [-0.4, -0.2) is 13.9 Å². The van der Waals surface area contributed by atoms with E-state index in [1.165, 1.54) is 11.6 Å². The maximum atomic E-state index is 12.4. The third-order valence-corrected chi connectivity index (χ3v) is 5.66. The number of rotatable bonds is 7. The van der Waals surface area contributed by atoms with Crippen LogP contribution in [0.2, 0.25) is 25.7 Å². The van der Waals surface area contributed by atoms with Crippen molar-refractivity contribution in [3.8, 4) is 0 Å². The van der Waals surface area contributed by atoms with Crippen LogP contribution in [0.4, 0.5) is 0 Å². The summed E-state index contributed by atoms with van der Waals surface area (Å²) in [5, 5.41) is 0. The molecule has 0 spiro atoms. The second kappa shape index (κ2) is 7.55. The summed E-state index contributed by atoms with van der Waals surface area (Å²) in [4.78, 5) is 12.4. The summed E-state index contributed by atoms with van der Waals surface area (Å²) < 4.78 is 0. The molecule has 0 aromatic heterocycles. The van der Waals surface area contributed by atoms with E-state index in [-0.39, 0.29) is 5.78 Å². The van der Waals surface area contributed by atoms with Crippen LogP contribution in [0.25, 0.3) is 0 Å². The molecule has 0 aliphatic carbocycles. The van der Waals surface area contributed by atoms with Crippen LogP contribution in [0.3, 0.4) is 0 Å². The van der Waals surface area contributed by atoms with E-state index in [1.54, 1.807) is 0 Å². The first-order chi connectivity index (χ1) is 10.5. The smallest absolute Gasteiger partial charge is 0.162 e. The maximum absolute atomic E-state index is 12.4. The lowest BCUT2D eigenvalue weighted by molar-refractivity contribution is 0.0978. The van der Waals surface area contributed by atoms with Gasteiger partial charge in [-0.25, -0.2) is 0 Å². The number of benzene rings is 2. The fourth-order valence-electron chi connectivity index (χ4n) is 2.92. The van der Waals surface area contributed by atoms with Crippen LogP contribution in [-0.2, 0) is 0 Å². The molecule has 0 heterocycles. The number of carbonyl (C=O) groups is 1. The zero-order chi connectivity index (χ0) is 16.0. The van der Waals surface area contributed by atoms with Crippen LogP contribution in [0.5, 0.6) is 0 Å². The Balaban J connectivity index is 2.05. The van der Waals surface area contributed by atoms with Crippen LogP contribution < -0.4 is 0 Å². The van der Waals surface area contributed by atoms with Crippen molar-refractivity contribution >= 4 is 13.9 Å². The quantitative estimate of drug-likeness (QED) is 0.468. The van der Waals surface area contributed by atoms with Crippen LogP contribution in [0.15, 0.2) is 60.7 Å². The molecule has 2 aromatic carbocycles. The first kappa shape index (κ1) is 16.7. The molecular formula is C20H26OSi. The van der Waals surface area contributed by atoms with Crippen LogP contribution >= 0.6 is 0 Å². The molecule has 0 bridgehead atoms. The minimum atomic E-state index is -1.17. The average Bonchev–Trinajstić information content (AvgIpc) is 2.52. The van der Waals surface area contributed by atoms with E-state index >= 15 is 0 Å². The number of hydrogen-bond donors (Lipinski definition) is 0. The SMILES string of the molecule is C[Si](C)(C)CC(CCC(=O)c1ccccc1)c1ccccc1. The van der Waals surface area contributed by atoms with E-state index in [1.807, 2.05) is 30.3 Å². The predicted molar refractivity (Wildman–Crippen MR) is 97.3 cm³/mol. The molecule has 0 saturated heterocycles. The summed E-state index contributed by atoms with van der Waals surface area (Å²) in [6, 6.07) is 21.6. The Labute approximate surface area is 135 Å². The van der Waals surface area contributed by atoms with E-state index in [0.29, 0.717) is 12.3 Å². The average molecular weight is 311 g/mol. The molecule has 1 nitrogen and oxygen atoms in total. The highest BCUT2D eigenvalue weighted by Gasteiger charge is 2.22. The third kappa shape index (κ3) is 5.27.